The molecule has 0 atom stereocenters. The molecular weight excluding hydrogens is 587 g/mol. The molecule has 0 bridgehead atoms. The van der Waals surface area contributed by atoms with Crippen molar-refractivity contribution in [2.45, 2.75) is 0 Å². The first-order valence-electron chi connectivity index (χ1n) is 8.95. The molecule has 0 unspecified atom stereocenters. The summed E-state index contributed by atoms with van der Waals surface area (Å²) in [5.74, 6) is 0. The third-order valence-electron chi connectivity index (χ3n) is 3.95. The minimum absolute atomic E-state index is 0.0171. The Balaban J connectivity index is 0.00000145. The van der Waals surface area contributed by atoms with Gasteiger partial charge in [0.1, 0.15) is 0 Å². The van der Waals surface area contributed by atoms with Gasteiger partial charge in [0.05, 0.1) is 43.2 Å². The summed E-state index contributed by atoms with van der Waals surface area (Å²) in [6, 6.07) is 9.30. The molecule has 2 aromatic carbocycles. The average molecular weight is 597 g/mol. The molecule has 36 heavy (non-hydrogen) atoms. The van der Waals surface area contributed by atoms with Crippen molar-refractivity contribution < 1.29 is 32.8 Å². The van der Waals surface area contributed by atoms with Crippen molar-refractivity contribution >= 4 is 78.1 Å². The number of non-ortho nitro benzene ring substituents is 4. The summed E-state index contributed by atoms with van der Waals surface area (Å²) in [6.07, 6.45) is 2.70. The summed E-state index contributed by atoms with van der Waals surface area (Å²) >= 11 is 1.37. The number of rotatable bonds is 8. The zero-order chi connectivity index (χ0) is 26.8. The Morgan fingerprint density at radius 1 is 0.639 bits per heavy atom. The molecule has 188 valence electrons. The second kappa shape index (κ2) is 13.3. The summed E-state index contributed by atoms with van der Waals surface area (Å²) in [5, 5.41) is 43.8. The first-order chi connectivity index (χ1) is 17.0. The Morgan fingerprint density at radius 3 is 1.17 bits per heavy atom. The van der Waals surface area contributed by atoms with Gasteiger partial charge in [0.2, 0.25) is 0 Å². The topological polar surface area (TPSA) is 197 Å². The summed E-state index contributed by atoms with van der Waals surface area (Å²) in [5.41, 5.74) is -1.85. The summed E-state index contributed by atoms with van der Waals surface area (Å²) in [4.78, 5) is 50.0. The van der Waals surface area contributed by atoms with Crippen LogP contribution in [0.15, 0.2) is 58.5 Å². The first kappa shape index (κ1) is 28.4. The van der Waals surface area contributed by atoms with E-state index in [0.717, 1.165) is 36.4 Å². The van der Waals surface area contributed by atoms with Crippen molar-refractivity contribution in [1.29, 1.82) is 0 Å². The quantitative estimate of drug-likeness (QED) is 0.125. The van der Waals surface area contributed by atoms with Crippen LogP contribution in [0.4, 0.5) is 34.1 Å². The number of halogens is 2. The standard InChI is InChI=1S/C18H10N6O8S.2ClH.Fe/c25-21(26)13-3-11(4-14(7-13)22(27)28)19-9-17-1-2-18(33-17)10-20-12-5-15(23(29)30)8-16(6-12)24(31)32;;;/h1-10H;2*1H;/q;;;+2/p-2. The van der Waals surface area contributed by atoms with Gasteiger partial charge in [0, 0.05) is 46.4 Å². The van der Waals surface area contributed by atoms with Crippen LogP contribution in [-0.4, -0.2) is 32.1 Å². The molecule has 0 radical (unpaired) electrons. The van der Waals surface area contributed by atoms with Gasteiger partial charge >= 0.3 is 33.3 Å². The summed E-state index contributed by atoms with van der Waals surface area (Å²) in [6.45, 7) is 0. The molecule has 3 rings (SSSR count). The Bertz CT molecular complexity index is 1220. The first-order valence-corrected chi connectivity index (χ1v) is 12.8. The van der Waals surface area contributed by atoms with Gasteiger partial charge in [0.25, 0.3) is 22.7 Å². The SMILES string of the molecule is O=[N+]([O-])c1cc(N=Cc2ccc(C=Nc3cc([N+](=O)[O-])cc([N+](=O)[O-])c3)s2)cc([N+](=O)[O-])c1.[Cl][Fe][Cl]. The monoisotopic (exact) mass is 596 g/mol. The number of nitrogens with zero attached hydrogens (tertiary/aromatic N) is 6. The fourth-order valence-corrected chi connectivity index (χ4v) is 3.27. The van der Waals surface area contributed by atoms with E-state index in [2.05, 4.69) is 9.98 Å². The van der Waals surface area contributed by atoms with E-state index in [4.69, 9.17) is 20.2 Å². The number of aliphatic imine (C=N–C) groups is 2. The third kappa shape index (κ3) is 8.44. The number of nitro benzene ring substituents is 4. The van der Waals surface area contributed by atoms with Crippen molar-refractivity contribution in [3.05, 3.63) is 98.7 Å². The van der Waals surface area contributed by atoms with Crippen LogP contribution in [0.25, 0.3) is 0 Å². The maximum atomic E-state index is 11.0. The zero-order valence-electron chi connectivity index (χ0n) is 17.2. The average Bonchev–Trinajstić information content (AvgIpc) is 3.29. The van der Waals surface area contributed by atoms with Crippen molar-refractivity contribution in [2.24, 2.45) is 9.98 Å². The number of benzene rings is 2. The van der Waals surface area contributed by atoms with E-state index in [1.54, 1.807) is 12.1 Å². The van der Waals surface area contributed by atoms with E-state index < -0.39 is 42.4 Å². The van der Waals surface area contributed by atoms with E-state index in [9.17, 15) is 40.5 Å². The van der Waals surface area contributed by atoms with E-state index in [1.807, 2.05) is 0 Å². The Hall–Kier alpha value is -3.82. The molecular formula is C18H10Cl2FeN6O8S. The molecule has 14 nitrogen and oxygen atoms in total. The van der Waals surface area contributed by atoms with E-state index in [0.29, 0.717) is 9.75 Å². The number of thiophene rings is 1. The van der Waals surface area contributed by atoms with Crippen LogP contribution < -0.4 is 0 Å². The third-order valence-corrected chi connectivity index (χ3v) is 4.90. The fourth-order valence-electron chi connectivity index (χ4n) is 2.51. The molecule has 0 aliphatic rings. The number of hydrogen-bond donors (Lipinski definition) is 0. The van der Waals surface area contributed by atoms with Gasteiger partial charge < -0.3 is 0 Å². The Kier molecular flexibility index (Phi) is 10.5. The number of hydrogen-bond acceptors (Lipinski definition) is 11. The predicted octanol–water partition coefficient (Wildman–Crippen LogP) is 6.26. The van der Waals surface area contributed by atoms with Crippen LogP contribution in [0.5, 0.6) is 0 Å². The second-order valence-corrected chi connectivity index (χ2v) is 9.22. The minimum atomic E-state index is -0.760. The second-order valence-electron chi connectivity index (χ2n) is 6.25. The Labute approximate surface area is 219 Å². The van der Waals surface area contributed by atoms with Crippen LogP contribution in [0, 0.1) is 40.5 Å². The van der Waals surface area contributed by atoms with Gasteiger partial charge in [-0.05, 0) is 12.1 Å². The maximum absolute atomic E-state index is 11.0. The van der Waals surface area contributed by atoms with Crippen molar-refractivity contribution in [3.8, 4) is 0 Å². The molecule has 0 amide bonds. The molecule has 0 N–H and O–H groups in total. The van der Waals surface area contributed by atoms with Crippen molar-refractivity contribution in [3.63, 3.8) is 0 Å². The van der Waals surface area contributed by atoms with Crippen molar-refractivity contribution in [1.82, 2.24) is 0 Å². The summed E-state index contributed by atoms with van der Waals surface area (Å²) < 4.78 is 0. The zero-order valence-corrected chi connectivity index (χ0v) is 20.7. The van der Waals surface area contributed by atoms with Gasteiger partial charge in [-0.1, -0.05) is 0 Å². The van der Waals surface area contributed by atoms with E-state index in [-0.39, 0.29) is 24.5 Å². The van der Waals surface area contributed by atoms with E-state index in [1.165, 1.54) is 23.8 Å². The Morgan fingerprint density at radius 2 is 0.917 bits per heavy atom. The predicted molar refractivity (Wildman–Crippen MR) is 130 cm³/mol. The van der Waals surface area contributed by atoms with Crippen LogP contribution in [0.3, 0.4) is 0 Å². The molecule has 1 heterocycles. The van der Waals surface area contributed by atoms with Gasteiger partial charge in [-0.2, -0.15) is 0 Å². The molecule has 0 spiro atoms. The molecule has 18 heteroatoms. The molecule has 0 saturated heterocycles. The van der Waals surface area contributed by atoms with Gasteiger partial charge in [-0.15, -0.1) is 11.3 Å². The molecule has 1 aromatic heterocycles. The summed E-state index contributed by atoms with van der Waals surface area (Å²) in [7, 11) is 9.53. The van der Waals surface area contributed by atoms with Crippen LogP contribution >= 0.6 is 31.5 Å². The van der Waals surface area contributed by atoms with Crippen LogP contribution in [0.1, 0.15) is 9.75 Å². The normalized spacial score (nSPS) is 10.8. The molecule has 0 aliphatic heterocycles. The number of nitro groups is 4. The molecule has 0 aliphatic carbocycles. The van der Waals surface area contributed by atoms with Gasteiger partial charge in [-0.3, -0.25) is 50.4 Å². The van der Waals surface area contributed by atoms with Crippen LogP contribution in [-0.2, 0) is 13.1 Å². The van der Waals surface area contributed by atoms with Gasteiger partial charge in [-0.25, -0.2) is 0 Å². The molecule has 0 fully saturated rings. The van der Waals surface area contributed by atoms with Crippen LogP contribution in [0.2, 0.25) is 0 Å². The van der Waals surface area contributed by atoms with E-state index >= 15 is 0 Å². The van der Waals surface area contributed by atoms with Gasteiger partial charge in [0.15, 0.2) is 0 Å². The molecule has 3 aromatic rings. The fraction of sp³-hybridized carbons (Fsp3) is 0. The van der Waals surface area contributed by atoms with Crippen molar-refractivity contribution in [2.75, 3.05) is 0 Å². The molecule has 0 saturated carbocycles.